The number of benzene rings is 1. The molecule has 1 aromatic rings. The highest BCUT2D eigenvalue weighted by atomic mass is 16.5. The van der Waals surface area contributed by atoms with Crippen LogP contribution in [-0.4, -0.2) is 86.6 Å². The van der Waals surface area contributed by atoms with Crippen LogP contribution in [-0.2, 0) is 25.7 Å². The van der Waals surface area contributed by atoms with Gasteiger partial charge >= 0.3 is 0 Å². The zero-order valence-corrected chi connectivity index (χ0v) is 22.0. The molecule has 198 valence electrons. The average molecular weight is 508 g/mol. The van der Waals surface area contributed by atoms with Crippen molar-refractivity contribution in [2.24, 2.45) is 11.8 Å². The number of ether oxygens (including phenoxy) is 1. The predicted octanol–water partition coefficient (Wildman–Crippen LogP) is 2.13. The van der Waals surface area contributed by atoms with Crippen molar-refractivity contribution in [3.8, 4) is 0 Å². The Hall–Kier alpha value is -2.97. The summed E-state index contributed by atoms with van der Waals surface area (Å²) in [4.78, 5) is 47.6. The normalized spacial score (nSPS) is 33.9. The molecule has 2 saturated heterocycles. The first-order chi connectivity index (χ1) is 17.7. The summed E-state index contributed by atoms with van der Waals surface area (Å²) >= 11 is 0. The SMILES string of the molecule is CC[C@@H](CO)N1C(=O)[C@@H]2[C@@H]3C(=O)N(Cc4ccccc4)CC=C[C@]3(C)O[C@@]23C=CCN(C(C)C)C(=O)C13. The lowest BCUT2D eigenvalue weighted by atomic mass is 9.74. The van der Waals surface area contributed by atoms with Gasteiger partial charge < -0.3 is 24.5 Å². The molecule has 1 aromatic carbocycles. The number of carbonyl (C=O) groups is 3. The first kappa shape index (κ1) is 25.7. The molecule has 5 rings (SSSR count). The molecule has 0 bridgehead atoms. The van der Waals surface area contributed by atoms with Gasteiger partial charge in [0, 0.05) is 25.7 Å². The molecule has 0 radical (unpaired) electrons. The molecular weight excluding hydrogens is 470 g/mol. The largest absolute Gasteiger partial charge is 0.394 e. The number of likely N-dealkylation sites (tertiary alicyclic amines) is 1. The Morgan fingerprint density at radius 1 is 1.00 bits per heavy atom. The molecule has 3 amide bonds. The maximum Gasteiger partial charge on any atom is 0.249 e. The van der Waals surface area contributed by atoms with E-state index in [1.165, 1.54) is 4.90 Å². The van der Waals surface area contributed by atoms with Gasteiger partial charge in [-0.05, 0) is 32.8 Å². The molecule has 2 fully saturated rings. The van der Waals surface area contributed by atoms with Crippen molar-refractivity contribution in [1.29, 1.82) is 0 Å². The van der Waals surface area contributed by atoms with Gasteiger partial charge in [-0.2, -0.15) is 0 Å². The van der Waals surface area contributed by atoms with Gasteiger partial charge in [-0.25, -0.2) is 0 Å². The van der Waals surface area contributed by atoms with E-state index in [9.17, 15) is 19.5 Å². The van der Waals surface area contributed by atoms with Gasteiger partial charge in [-0.3, -0.25) is 14.4 Å². The minimum absolute atomic E-state index is 0.0807. The van der Waals surface area contributed by atoms with E-state index in [1.54, 1.807) is 9.80 Å². The number of nitrogens with zero attached hydrogens (tertiary/aromatic N) is 3. The molecule has 4 aliphatic heterocycles. The van der Waals surface area contributed by atoms with Crippen molar-refractivity contribution in [1.82, 2.24) is 14.7 Å². The summed E-state index contributed by atoms with van der Waals surface area (Å²) in [6, 6.07) is 8.20. The molecule has 0 saturated carbocycles. The fourth-order valence-electron chi connectivity index (χ4n) is 6.75. The zero-order valence-electron chi connectivity index (χ0n) is 22.0. The smallest absolute Gasteiger partial charge is 0.249 e. The Bertz CT molecular complexity index is 1130. The van der Waals surface area contributed by atoms with Crippen molar-refractivity contribution < 1.29 is 24.2 Å². The Balaban J connectivity index is 1.62. The lowest BCUT2D eigenvalue weighted by Gasteiger charge is -2.40. The quantitative estimate of drug-likeness (QED) is 0.596. The third-order valence-corrected chi connectivity index (χ3v) is 8.52. The molecule has 0 aromatic heterocycles. The van der Waals surface area contributed by atoms with E-state index >= 15 is 0 Å². The van der Waals surface area contributed by atoms with Crippen LogP contribution in [0.15, 0.2) is 54.6 Å². The van der Waals surface area contributed by atoms with Gasteiger partial charge in [0.1, 0.15) is 11.6 Å². The van der Waals surface area contributed by atoms with E-state index in [-0.39, 0.29) is 30.4 Å². The minimum atomic E-state index is -1.30. The fourth-order valence-corrected chi connectivity index (χ4v) is 6.75. The Morgan fingerprint density at radius 3 is 2.35 bits per heavy atom. The van der Waals surface area contributed by atoms with Crippen LogP contribution < -0.4 is 0 Å². The number of aliphatic hydroxyl groups excluding tert-OH is 1. The van der Waals surface area contributed by atoms with Gasteiger partial charge in [0.2, 0.25) is 17.7 Å². The van der Waals surface area contributed by atoms with E-state index in [1.807, 2.05) is 82.3 Å². The van der Waals surface area contributed by atoms with Crippen molar-refractivity contribution in [2.75, 3.05) is 19.7 Å². The van der Waals surface area contributed by atoms with Crippen molar-refractivity contribution in [2.45, 2.75) is 70.0 Å². The van der Waals surface area contributed by atoms with Gasteiger partial charge in [-0.15, -0.1) is 0 Å². The number of fused-ring (bicyclic) bond motifs is 2. The number of aliphatic hydroxyl groups is 1. The average Bonchev–Trinajstić information content (AvgIpc) is 3.14. The minimum Gasteiger partial charge on any atom is -0.394 e. The van der Waals surface area contributed by atoms with Crippen LogP contribution >= 0.6 is 0 Å². The first-order valence-corrected chi connectivity index (χ1v) is 13.3. The number of hydrogen-bond donors (Lipinski definition) is 1. The van der Waals surface area contributed by atoms with Gasteiger partial charge in [0.05, 0.1) is 30.1 Å². The summed E-state index contributed by atoms with van der Waals surface area (Å²) in [5, 5.41) is 10.2. The lowest BCUT2D eigenvalue weighted by Crippen LogP contribution is -2.59. The van der Waals surface area contributed by atoms with Crippen LogP contribution in [0, 0.1) is 11.8 Å². The highest BCUT2D eigenvalue weighted by Crippen LogP contribution is 2.58. The van der Waals surface area contributed by atoms with Crippen molar-refractivity contribution in [3.05, 3.63) is 60.2 Å². The molecule has 6 atom stereocenters. The summed E-state index contributed by atoms with van der Waals surface area (Å²) in [6.07, 6.45) is 8.06. The summed E-state index contributed by atoms with van der Waals surface area (Å²) in [5.41, 5.74) is -1.34. The second kappa shape index (κ2) is 9.40. The van der Waals surface area contributed by atoms with Crippen LogP contribution in [0.2, 0.25) is 0 Å². The summed E-state index contributed by atoms with van der Waals surface area (Å²) in [6.45, 7) is 8.59. The van der Waals surface area contributed by atoms with E-state index in [0.29, 0.717) is 26.1 Å². The van der Waals surface area contributed by atoms with Crippen molar-refractivity contribution in [3.63, 3.8) is 0 Å². The molecule has 1 unspecified atom stereocenters. The third-order valence-electron chi connectivity index (χ3n) is 8.52. The second-order valence-corrected chi connectivity index (χ2v) is 11.1. The molecule has 1 spiro atoms. The molecule has 8 nitrogen and oxygen atoms in total. The number of amides is 3. The molecule has 0 aliphatic carbocycles. The van der Waals surface area contributed by atoms with Crippen molar-refractivity contribution >= 4 is 17.7 Å². The Kier molecular flexibility index (Phi) is 6.52. The van der Waals surface area contributed by atoms with Crippen LogP contribution in [0.3, 0.4) is 0 Å². The van der Waals surface area contributed by atoms with E-state index in [4.69, 9.17) is 4.74 Å². The molecule has 1 N–H and O–H groups in total. The maximum atomic E-state index is 14.3. The van der Waals surface area contributed by atoms with E-state index < -0.39 is 35.1 Å². The van der Waals surface area contributed by atoms with Crippen LogP contribution in [0.5, 0.6) is 0 Å². The third kappa shape index (κ3) is 3.84. The molecular formula is C29H37N3O5. The first-order valence-electron chi connectivity index (χ1n) is 13.3. The molecule has 8 heteroatoms. The standard InChI is InChI=1S/C29H37N3O5/c1-5-21(18-33)32-24-27(36)31(19(2)3)16-10-14-29(24)23(26(32)35)22-25(34)30(15-9-13-28(22,4)37-29)17-20-11-7-6-8-12-20/h6-14,19,21-24,33H,5,15-18H2,1-4H3/t21-,22+,23-,24?,28-,29-/m0/s1. The zero-order chi connectivity index (χ0) is 26.5. The Morgan fingerprint density at radius 2 is 1.70 bits per heavy atom. The summed E-state index contributed by atoms with van der Waals surface area (Å²) in [7, 11) is 0. The molecule has 37 heavy (non-hydrogen) atoms. The number of hydrogen-bond acceptors (Lipinski definition) is 5. The van der Waals surface area contributed by atoms with E-state index in [0.717, 1.165) is 5.56 Å². The topological polar surface area (TPSA) is 90.4 Å². The number of carbonyl (C=O) groups excluding carboxylic acids is 3. The lowest BCUT2D eigenvalue weighted by molar-refractivity contribution is -0.156. The highest BCUT2D eigenvalue weighted by Gasteiger charge is 2.75. The maximum absolute atomic E-state index is 14.3. The van der Waals surface area contributed by atoms with Gasteiger partial charge in [0.25, 0.3) is 0 Å². The van der Waals surface area contributed by atoms with Crippen LogP contribution in [0.1, 0.15) is 39.7 Å². The summed E-state index contributed by atoms with van der Waals surface area (Å²) in [5.74, 6) is -2.33. The molecule has 4 heterocycles. The fraction of sp³-hybridized carbons (Fsp3) is 0.552. The highest BCUT2D eigenvalue weighted by molar-refractivity contribution is 6.00. The Labute approximate surface area is 218 Å². The molecule has 4 aliphatic rings. The summed E-state index contributed by atoms with van der Waals surface area (Å²) < 4.78 is 6.82. The second-order valence-electron chi connectivity index (χ2n) is 11.1. The number of rotatable bonds is 6. The van der Waals surface area contributed by atoms with Gasteiger partial charge in [-0.1, -0.05) is 61.6 Å². The monoisotopic (exact) mass is 507 g/mol. The van der Waals surface area contributed by atoms with E-state index in [2.05, 4.69) is 0 Å². The van der Waals surface area contributed by atoms with Crippen LogP contribution in [0.4, 0.5) is 0 Å². The predicted molar refractivity (Wildman–Crippen MR) is 138 cm³/mol. The van der Waals surface area contributed by atoms with Gasteiger partial charge in [0.15, 0.2) is 0 Å². The van der Waals surface area contributed by atoms with Crippen LogP contribution in [0.25, 0.3) is 0 Å².